The second kappa shape index (κ2) is 10.0. The number of carbonyl (C=O) groups excluding carboxylic acids is 2. The SMILES string of the molecule is CCC(Oc1ccccc1)C(=O)N1CCN(CC(=O)Nc2ccc(F)cc2)CC1. The van der Waals surface area contributed by atoms with Crippen LogP contribution in [-0.2, 0) is 9.59 Å². The molecule has 154 valence electrons. The van der Waals surface area contributed by atoms with Crippen molar-refractivity contribution in [1.29, 1.82) is 0 Å². The Hall–Kier alpha value is -2.93. The number of nitrogens with one attached hydrogen (secondary N) is 1. The molecule has 1 heterocycles. The number of ether oxygens (including phenoxy) is 1. The van der Waals surface area contributed by atoms with Crippen LogP contribution in [0.5, 0.6) is 5.75 Å². The number of anilines is 1. The van der Waals surface area contributed by atoms with Gasteiger partial charge in [0.25, 0.3) is 5.91 Å². The first kappa shape index (κ1) is 20.8. The molecule has 2 aromatic rings. The number of carbonyl (C=O) groups is 2. The van der Waals surface area contributed by atoms with Gasteiger partial charge in [0.2, 0.25) is 5.91 Å². The molecule has 2 amide bonds. The number of rotatable bonds is 7. The van der Waals surface area contributed by atoms with Crippen LogP contribution < -0.4 is 10.1 Å². The van der Waals surface area contributed by atoms with Crippen molar-refractivity contribution in [3.63, 3.8) is 0 Å². The van der Waals surface area contributed by atoms with Gasteiger partial charge in [0.05, 0.1) is 6.54 Å². The van der Waals surface area contributed by atoms with Gasteiger partial charge >= 0.3 is 0 Å². The van der Waals surface area contributed by atoms with Gasteiger partial charge in [-0.3, -0.25) is 14.5 Å². The smallest absolute Gasteiger partial charge is 0.263 e. The highest BCUT2D eigenvalue weighted by atomic mass is 19.1. The molecule has 0 radical (unpaired) electrons. The molecule has 2 aromatic carbocycles. The first-order chi connectivity index (χ1) is 14.0. The number of hydrogen-bond acceptors (Lipinski definition) is 4. The lowest BCUT2D eigenvalue weighted by Gasteiger charge is -2.35. The van der Waals surface area contributed by atoms with E-state index in [0.717, 1.165) is 0 Å². The molecule has 1 unspecified atom stereocenters. The van der Waals surface area contributed by atoms with Gasteiger partial charge < -0.3 is 15.0 Å². The Morgan fingerprint density at radius 3 is 2.31 bits per heavy atom. The summed E-state index contributed by atoms with van der Waals surface area (Å²) in [6.45, 7) is 4.50. The van der Waals surface area contributed by atoms with Crippen LogP contribution in [0.15, 0.2) is 54.6 Å². The summed E-state index contributed by atoms with van der Waals surface area (Å²) in [5.74, 6) is 0.163. The van der Waals surface area contributed by atoms with E-state index < -0.39 is 6.10 Å². The molecule has 1 fully saturated rings. The number of para-hydroxylation sites is 1. The van der Waals surface area contributed by atoms with E-state index in [9.17, 15) is 14.0 Å². The highest BCUT2D eigenvalue weighted by Gasteiger charge is 2.28. The Morgan fingerprint density at radius 2 is 1.69 bits per heavy atom. The number of benzene rings is 2. The molecule has 3 rings (SSSR count). The minimum absolute atomic E-state index is 0.0215. The van der Waals surface area contributed by atoms with Crippen molar-refractivity contribution in [3.8, 4) is 5.75 Å². The fourth-order valence-electron chi connectivity index (χ4n) is 3.24. The molecule has 29 heavy (non-hydrogen) atoms. The molecule has 0 aromatic heterocycles. The van der Waals surface area contributed by atoms with E-state index in [1.807, 2.05) is 42.2 Å². The summed E-state index contributed by atoms with van der Waals surface area (Å²) in [5, 5.41) is 2.76. The third-order valence-corrected chi connectivity index (χ3v) is 4.85. The van der Waals surface area contributed by atoms with Gasteiger partial charge in [-0.05, 0) is 42.8 Å². The van der Waals surface area contributed by atoms with E-state index in [-0.39, 0.29) is 24.2 Å². The molecule has 0 aliphatic carbocycles. The first-order valence-electron chi connectivity index (χ1n) is 9.83. The number of nitrogens with zero attached hydrogens (tertiary/aromatic N) is 2. The van der Waals surface area contributed by atoms with Crippen molar-refractivity contribution in [2.24, 2.45) is 0 Å². The normalized spacial score (nSPS) is 15.6. The summed E-state index contributed by atoms with van der Waals surface area (Å²) in [6, 6.07) is 15.0. The maximum Gasteiger partial charge on any atom is 0.263 e. The standard InChI is InChI=1S/C22H26FN3O3/c1-2-20(29-19-6-4-3-5-7-19)22(28)26-14-12-25(13-15-26)16-21(27)24-18-10-8-17(23)9-11-18/h3-11,20H,2,12-16H2,1H3,(H,24,27). The van der Waals surface area contributed by atoms with Crippen molar-refractivity contribution in [1.82, 2.24) is 9.80 Å². The summed E-state index contributed by atoms with van der Waals surface area (Å²) in [7, 11) is 0. The third kappa shape index (κ3) is 6.02. The number of piperazine rings is 1. The van der Waals surface area contributed by atoms with Crippen LogP contribution in [-0.4, -0.2) is 60.4 Å². The zero-order valence-corrected chi connectivity index (χ0v) is 16.5. The first-order valence-corrected chi connectivity index (χ1v) is 9.83. The molecule has 0 saturated carbocycles. The van der Waals surface area contributed by atoms with Crippen LogP contribution in [0.2, 0.25) is 0 Å². The predicted molar refractivity (Wildman–Crippen MR) is 109 cm³/mol. The highest BCUT2D eigenvalue weighted by molar-refractivity contribution is 5.92. The summed E-state index contributed by atoms with van der Waals surface area (Å²) in [5.41, 5.74) is 0.564. The van der Waals surface area contributed by atoms with Gasteiger partial charge in [0, 0.05) is 31.9 Å². The second-order valence-corrected chi connectivity index (χ2v) is 6.98. The molecule has 6 nitrogen and oxygen atoms in total. The Morgan fingerprint density at radius 1 is 1.03 bits per heavy atom. The van der Waals surface area contributed by atoms with Crippen LogP contribution in [0.25, 0.3) is 0 Å². The second-order valence-electron chi connectivity index (χ2n) is 6.98. The average Bonchev–Trinajstić information content (AvgIpc) is 2.74. The molecule has 7 heteroatoms. The van der Waals surface area contributed by atoms with Crippen molar-refractivity contribution in [2.75, 3.05) is 38.0 Å². The highest BCUT2D eigenvalue weighted by Crippen LogP contribution is 2.15. The van der Waals surface area contributed by atoms with Crippen LogP contribution >= 0.6 is 0 Å². The van der Waals surface area contributed by atoms with Crippen molar-refractivity contribution >= 4 is 17.5 Å². The summed E-state index contributed by atoms with van der Waals surface area (Å²) in [6.07, 6.45) is 0.0827. The zero-order valence-electron chi connectivity index (χ0n) is 16.5. The number of hydrogen-bond donors (Lipinski definition) is 1. The third-order valence-electron chi connectivity index (χ3n) is 4.85. The van der Waals surface area contributed by atoms with Crippen molar-refractivity contribution < 1.29 is 18.7 Å². The molecule has 1 atom stereocenters. The van der Waals surface area contributed by atoms with E-state index >= 15 is 0 Å². The maximum absolute atomic E-state index is 12.9. The van der Waals surface area contributed by atoms with E-state index in [4.69, 9.17) is 4.74 Å². The fraction of sp³-hybridized carbons (Fsp3) is 0.364. The Kier molecular flexibility index (Phi) is 7.19. The van der Waals surface area contributed by atoms with Gasteiger partial charge in [-0.15, -0.1) is 0 Å². The van der Waals surface area contributed by atoms with Crippen LogP contribution in [0, 0.1) is 5.82 Å². The summed E-state index contributed by atoms with van der Waals surface area (Å²) >= 11 is 0. The van der Waals surface area contributed by atoms with E-state index in [1.165, 1.54) is 24.3 Å². The molecule has 1 aliphatic heterocycles. The molecular weight excluding hydrogens is 373 g/mol. The average molecular weight is 399 g/mol. The zero-order chi connectivity index (χ0) is 20.6. The fourth-order valence-corrected chi connectivity index (χ4v) is 3.24. The maximum atomic E-state index is 12.9. The molecule has 0 bridgehead atoms. The van der Waals surface area contributed by atoms with Crippen molar-refractivity contribution in [3.05, 3.63) is 60.4 Å². The number of amides is 2. The lowest BCUT2D eigenvalue weighted by Crippen LogP contribution is -2.53. The van der Waals surface area contributed by atoms with Crippen LogP contribution in [0.3, 0.4) is 0 Å². The quantitative estimate of drug-likeness (QED) is 0.778. The monoisotopic (exact) mass is 399 g/mol. The van der Waals surface area contributed by atoms with Gasteiger partial charge in [-0.1, -0.05) is 25.1 Å². The van der Waals surface area contributed by atoms with Gasteiger partial charge in [0.1, 0.15) is 11.6 Å². The van der Waals surface area contributed by atoms with Crippen LogP contribution in [0.4, 0.5) is 10.1 Å². The molecule has 1 saturated heterocycles. The Balaban J connectivity index is 1.45. The predicted octanol–water partition coefficient (Wildman–Crippen LogP) is 2.77. The number of halogens is 1. The van der Waals surface area contributed by atoms with Gasteiger partial charge in [-0.25, -0.2) is 4.39 Å². The van der Waals surface area contributed by atoms with Crippen LogP contribution in [0.1, 0.15) is 13.3 Å². The summed E-state index contributed by atoms with van der Waals surface area (Å²) < 4.78 is 18.8. The minimum atomic E-state index is -0.509. The minimum Gasteiger partial charge on any atom is -0.481 e. The van der Waals surface area contributed by atoms with E-state index in [2.05, 4.69) is 5.32 Å². The van der Waals surface area contributed by atoms with Gasteiger partial charge in [0.15, 0.2) is 6.10 Å². The van der Waals surface area contributed by atoms with E-state index in [0.29, 0.717) is 44.0 Å². The lowest BCUT2D eigenvalue weighted by molar-refractivity contribution is -0.140. The Bertz CT molecular complexity index is 806. The summed E-state index contributed by atoms with van der Waals surface area (Å²) in [4.78, 5) is 28.8. The molecule has 1 aliphatic rings. The molecule has 1 N–H and O–H groups in total. The molecular formula is C22H26FN3O3. The lowest BCUT2D eigenvalue weighted by atomic mass is 10.2. The Labute approximate surface area is 170 Å². The van der Waals surface area contributed by atoms with Gasteiger partial charge in [-0.2, -0.15) is 0 Å². The largest absolute Gasteiger partial charge is 0.481 e. The van der Waals surface area contributed by atoms with Crippen molar-refractivity contribution in [2.45, 2.75) is 19.4 Å². The topological polar surface area (TPSA) is 61.9 Å². The molecule has 0 spiro atoms. The van der Waals surface area contributed by atoms with E-state index in [1.54, 1.807) is 4.90 Å².